The number of nitrogens with two attached hydrogens (primary N) is 2. The van der Waals surface area contributed by atoms with E-state index in [1.54, 1.807) is 6.20 Å². The number of hydrogen-bond donors (Lipinski definition) is 7. The maximum atomic E-state index is 12.5. The number of carboxylic acid groups (broad SMARTS) is 1. The number of H-pyrrole nitrogens is 1. The third-order valence-corrected chi connectivity index (χ3v) is 4.93. The van der Waals surface area contributed by atoms with Crippen molar-refractivity contribution >= 4 is 47.2 Å². The number of carbonyl (C=O) groups is 4. The summed E-state index contributed by atoms with van der Waals surface area (Å²) in [6, 6.07) is 4.25. The van der Waals surface area contributed by atoms with Gasteiger partial charge in [-0.15, -0.1) is 0 Å². The van der Waals surface area contributed by atoms with E-state index in [4.69, 9.17) is 11.5 Å². The molecule has 3 amide bonds. The number of amides is 3. The molecule has 3 unspecified atom stereocenters. The van der Waals surface area contributed by atoms with Crippen LogP contribution in [-0.2, 0) is 25.6 Å². The summed E-state index contributed by atoms with van der Waals surface area (Å²) in [5.41, 5.74) is 12.8. The summed E-state index contributed by atoms with van der Waals surface area (Å²) in [5, 5.41) is 14.9. The lowest BCUT2D eigenvalue weighted by atomic mass is 10.0. The molecule has 0 aliphatic rings. The lowest BCUT2D eigenvalue weighted by molar-refractivity contribution is -0.142. The van der Waals surface area contributed by atoms with Gasteiger partial charge in [0.25, 0.3) is 0 Å². The van der Waals surface area contributed by atoms with E-state index in [2.05, 4.69) is 28.2 Å². The molecule has 162 valence electrons. The molecule has 8 N–H and O–H groups in total. The molecule has 0 radical (unpaired) electrons. The van der Waals surface area contributed by atoms with E-state index >= 15 is 0 Å². The predicted octanol–water partition coefficient (Wildman–Crippen LogP) is -0.713. The number of thiol groups is 1. The standard InChI is InChI=1S/C19H25N5O5S/c20-12(7-10-8-22-13-4-2-1-3-11(10)13)17(26)24-15(9-30)18(27)23-14(19(28)29)5-6-16(21)25/h1-4,8,12,14-15,22,30H,5-7,9,20H2,(H2,21,25)(H,23,27)(H,24,26)(H,28,29). The van der Waals surface area contributed by atoms with Gasteiger partial charge in [-0.2, -0.15) is 12.6 Å². The first kappa shape index (κ1) is 23.2. The Morgan fingerprint density at radius 1 is 1.10 bits per heavy atom. The van der Waals surface area contributed by atoms with Gasteiger partial charge in [-0.3, -0.25) is 14.4 Å². The Morgan fingerprint density at radius 2 is 1.77 bits per heavy atom. The number of rotatable bonds is 11. The van der Waals surface area contributed by atoms with Crippen molar-refractivity contribution in [3.05, 3.63) is 36.0 Å². The molecule has 0 saturated heterocycles. The SMILES string of the molecule is NC(=O)CCC(NC(=O)C(CS)NC(=O)C(N)Cc1c[nH]c2ccccc12)C(=O)O. The lowest BCUT2D eigenvalue weighted by Crippen LogP contribution is -2.55. The van der Waals surface area contributed by atoms with Gasteiger partial charge in [0.05, 0.1) is 6.04 Å². The molecule has 2 rings (SSSR count). The van der Waals surface area contributed by atoms with Crippen molar-refractivity contribution in [3.8, 4) is 0 Å². The first-order chi connectivity index (χ1) is 14.2. The number of carboxylic acids is 1. The van der Waals surface area contributed by atoms with Gasteiger partial charge in [-0.1, -0.05) is 18.2 Å². The quantitative estimate of drug-likeness (QED) is 0.229. The number of aromatic nitrogens is 1. The zero-order valence-electron chi connectivity index (χ0n) is 16.1. The van der Waals surface area contributed by atoms with Crippen LogP contribution in [0.15, 0.2) is 30.5 Å². The van der Waals surface area contributed by atoms with Crippen LogP contribution in [0.4, 0.5) is 0 Å². The molecule has 0 aliphatic heterocycles. The highest BCUT2D eigenvalue weighted by atomic mass is 32.1. The molecule has 1 heterocycles. The third-order valence-electron chi connectivity index (χ3n) is 4.56. The summed E-state index contributed by atoms with van der Waals surface area (Å²) in [5.74, 6) is -3.38. The average Bonchev–Trinajstić information content (AvgIpc) is 3.11. The molecule has 0 saturated carbocycles. The highest BCUT2D eigenvalue weighted by Crippen LogP contribution is 2.18. The molecule has 30 heavy (non-hydrogen) atoms. The summed E-state index contributed by atoms with van der Waals surface area (Å²) < 4.78 is 0. The average molecular weight is 436 g/mol. The lowest BCUT2D eigenvalue weighted by Gasteiger charge is -2.21. The summed E-state index contributed by atoms with van der Waals surface area (Å²) in [6.07, 6.45) is 1.65. The minimum absolute atomic E-state index is 0.0699. The Kier molecular flexibility index (Phi) is 8.25. The number of aromatic amines is 1. The number of aliphatic carboxylic acids is 1. The first-order valence-corrected chi connectivity index (χ1v) is 9.89. The summed E-state index contributed by atoms with van der Waals surface area (Å²) in [4.78, 5) is 50.1. The molecule has 0 fully saturated rings. The number of carbonyl (C=O) groups excluding carboxylic acids is 3. The fourth-order valence-corrected chi connectivity index (χ4v) is 3.18. The molecule has 0 aliphatic carbocycles. The van der Waals surface area contributed by atoms with Crippen LogP contribution >= 0.6 is 12.6 Å². The van der Waals surface area contributed by atoms with Crippen molar-refractivity contribution in [2.24, 2.45) is 11.5 Å². The Morgan fingerprint density at radius 3 is 2.40 bits per heavy atom. The largest absolute Gasteiger partial charge is 0.480 e. The zero-order valence-corrected chi connectivity index (χ0v) is 17.0. The Bertz CT molecular complexity index is 931. The molecule has 2 aromatic rings. The normalized spacial score (nSPS) is 13.9. The molecular formula is C19H25N5O5S. The van der Waals surface area contributed by atoms with Gasteiger partial charge in [0.1, 0.15) is 12.1 Å². The van der Waals surface area contributed by atoms with Gasteiger partial charge in [0.2, 0.25) is 17.7 Å². The minimum Gasteiger partial charge on any atom is -0.480 e. The number of nitrogens with one attached hydrogen (secondary N) is 3. The van der Waals surface area contributed by atoms with Gasteiger partial charge >= 0.3 is 5.97 Å². The van der Waals surface area contributed by atoms with Gasteiger partial charge < -0.3 is 32.2 Å². The van der Waals surface area contributed by atoms with Crippen LogP contribution in [0, 0.1) is 0 Å². The Labute approximate surface area is 178 Å². The van der Waals surface area contributed by atoms with E-state index in [1.807, 2.05) is 24.3 Å². The molecule has 1 aromatic carbocycles. The predicted molar refractivity (Wildman–Crippen MR) is 114 cm³/mol. The number of benzene rings is 1. The highest BCUT2D eigenvalue weighted by Gasteiger charge is 2.27. The molecule has 11 heteroatoms. The number of para-hydroxylation sites is 1. The summed E-state index contributed by atoms with van der Waals surface area (Å²) in [7, 11) is 0. The molecular weight excluding hydrogens is 410 g/mol. The first-order valence-electron chi connectivity index (χ1n) is 9.26. The summed E-state index contributed by atoms with van der Waals surface area (Å²) in [6.45, 7) is 0. The number of fused-ring (bicyclic) bond motifs is 1. The van der Waals surface area contributed by atoms with Crippen molar-refractivity contribution in [2.45, 2.75) is 37.4 Å². The third kappa shape index (κ3) is 6.22. The zero-order chi connectivity index (χ0) is 22.3. The fourth-order valence-electron chi connectivity index (χ4n) is 2.92. The number of primary amides is 1. The van der Waals surface area contributed by atoms with Crippen LogP contribution in [0.25, 0.3) is 10.9 Å². The van der Waals surface area contributed by atoms with E-state index in [-0.39, 0.29) is 25.0 Å². The Hall–Kier alpha value is -3.05. The second-order valence-electron chi connectivity index (χ2n) is 6.82. The maximum absolute atomic E-state index is 12.5. The molecule has 10 nitrogen and oxygen atoms in total. The van der Waals surface area contributed by atoms with Crippen LogP contribution < -0.4 is 22.1 Å². The molecule has 0 spiro atoms. The van der Waals surface area contributed by atoms with Crippen LogP contribution in [0.1, 0.15) is 18.4 Å². The van der Waals surface area contributed by atoms with Gasteiger partial charge in [-0.25, -0.2) is 4.79 Å². The highest BCUT2D eigenvalue weighted by molar-refractivity contribution is 7.80. The maximum Gasteiger partial charge on any atom is 0.326 e. The van der Waals surface area contributed by atoms with Crippen molar-refractivity contribution in [2.75, 3.05) is 5.75 Å². The van der Waals surface area contributed by atoms with Gasteiger partial charge in [0, 0.05) is 29.3 Å². The number of hydrogen-bond acceptors (Lipinski definition) is 6. The van der Waals surface area contributed by atoms with E-state index in [0.717, 1.165) is 16.5 Å². The van der Waals surface area contributed by atoms with Crippen molar-refractivity contribution in [1.82, 2.24) is 15.6 Å². The topological polar surface area (TPSA) is 180 Å². The van der Waals surface area contributed by atoms with Gasteiger partial charge in [-0.05, 0) is 24.5 Å². The van der Waals surface area contributed by atoms with Crippen molar-refractivity contribution in [1.29, 1.82) is 0 Å². The van der Waals surface area contributed by atoms with E-state index in [1.165, 1.54) is 0 Å². The minimum atomic E-state index is -1.32. The van der Waals surface area contributed by atoms with Crippen molar-refractivity contribution in [3.63, 3.8) is 0 Å². The van der Waals surface area contributed by atoms with Gasteiger partial charge in [0.15, 0.2) is 0 Å². The molecule has 0 bridgehead atoms. The summed E-state index contributed by atoms with van der Waals surface area (Å²) >= 11 is 4.05. The fraction of sp³-hybridized carbons (Fsp3) is 0.368. The second-order valence-corrected chi connectivity index (χ2v) is 7.18. The van der Waals surface area contributed by atoms with E-state index < -0.39 is 41.8 Å². The van der Waals surface area contributed by atoms with Crippen LogP contribution in [0.2, 0.25) is 0 Å². The second kappa shape index (κ2) is 10.6. The molecule has 1 aromatic heterocycles. The molecule has 3 atom stereocenters. The Balaban J connectivity index is 1.97. The van der Waals surface area contributed by atoms with Crippen molar-refractivity contribution < 1.29 is 24.3 Å². The smallest absolute Gasteiger partial charge is 0.326 e. The van der Waals surface area contributed by atoms with Crippen LogP contribution in [0.3, 0.4) is 0 Å². The van der Waals surface area contributed by atoms with E-state index in [9.17, 15) is 24.3 Å². The van der Waals surface area contributed by atoms with E-state index in [0.29, 0.717) is 0 Å². The van der Waals surface area contributed by atoms with Crippen LogP contribution in [-0.4, -0.2) is 57.7 Å². The van der Waals surface area contributed by atoms with Crippen LogP contribution in [0.5, 0.6) is 0 Å². The monoisotopic (exact) mass is 435 g/mol.